The molecule has 0 aromatic heterocycles. The lowest BCUT2D eigenvalue weighted by Gasteiger charge is -2.09. The first-order valence-electron chi connectivity index (χ1n) is 3.86. The van der Waals surface area contributed by atoms with E-state index < -0.39 is 0 Å². The van der Waals surface area contributed by atoms with E-state index in [1.54, 1.807) is 0 Å². The molecule has 0 saturated heterocycles. The molecule has 0 heterocycles. The number of thioether (sulfide) groups is 1. The zero-order valence-corrected chi connectivity index (χ0v) is 8.82. The Kier molecular flexibility index (Phi) is 3.63. The van der Waals surface area contributed by atoms with Gasteiger partial charge in [-0.3, -0.25) is 5.41 Å². The minimum atomic E-state index is -0.0279. The van der Waals surface area contributed by atoms with E-state index in [2.05, 4.69) is 0 Å². The molecule has 0 radical (unpaired) electrons. The van der Waals surface area contributed by atoms with Crippen LogP contribution in [-0.2, 0) is 0 Å². The fraction of sp³-hybridized carbons (Fsp3) is 0.222. The summed E-state index contributed by atoms with van der Waals surface area (Å²) in [5.74, 6) is 0.171. The summed E-state index contributed by atoms with van der Waals surface area (Å²) in [4.78, 5) is 0.965. The van der Waals surface area contributed by atoms with E-state index >= 15 is 0 Å². The zero-order valence-electron chi connectivity index (χ0n) is 7.25. The Morgan fingerprint density at radius 2 is 2.15 bits per heavy atom. The molecule has 1 aromatic carbocycles. The molecule has 70 valence electrons. The molecule has 1 aromatic rings. The molecule has 13 heavy (non-hydrogen) atoms. The molecule has 4 heteroatoms. The van der Waals surface area contributed by atoms with Crippen molar-refractivity contribution in [3.8, 4) is 0 Å². The van der Waals surface area contributed by atoms with Crippen LogP contribution in [0.1, 0.15) is 6.92 Å². The van der Waals surface area contributed by atoms with Gasteiger partial charge in [0.1, 0.15) is 5.84 Å². The van der Waals surface area contributed by atoms with E-state index in [0.29, 0.717) is 5.02 Å². The molecule has 0 aliphatic heterocycles. The number of nitrogens with two attached hydrogens (primary N) is 1. The number of rotatable bonds is 3. The predicted molar refractivity (Wildman–Crippen MR) is 58.7 cm³/mol. The normalized spacial score (nSPS) is 12.5. The van der Waals surface area contributed by atoms with E-state index in [1.807, 2.05) is 31.2 Å². The quantitative estimate of drug-likeness (QED) is 0.462. The first kappa shape index (κ1) is 10.4. The molecule has 1 unspecified atom stereocenters. The lowest BCUT2D eigenvalue weighted by atomic mass is 10.4. The van der Waals surface area contributed by atoms with Crippen molar-refractivity contribution in [2.24, 2.45) is 5.73 Å². The van der Waals surface area contributed by atoms with E-state index in [-0.39, 0.29) is 11.1 Å². The number of amidine groups is 1. The van der Waals surface area contributed by atoms with Crippen LogP contribution < -0.4 is 5.73 Å². The smallest absolute Gasteiger partial charge is 0.104 e. The maximum Gasteiger partial charge on any atom is 0.104 e. The third-order valence-corrected chi connectivity index (χ3v) is 3.24. The van der Waals surface area contributed by atoms with Crippen LogP contribution in [0.15, 0.2) is 29.2 Å². The first-order chi connectivity index (χ1) is 6.11. The summed E-state index contributed by atoms with van der Waals surface area (Å²) in [6, 6.07) is 7.55. The molecule has 0 aliphatic rings. The molecular weight excluding hydrogens is 204 g/mol. The third-order valence-electron chi connectivity index (χ3n) is 1.58. The lowest BCUT2D eigenvalue weighted by molar-refractivity contribution is 1.22. The minimum Gasteiger partial charge on any atom is -0.387 e. The van der Waals surface area contributed by atoms with E-state index in [9.17, 15) is 0 Å². The van der Waals surface area contributed by atoms with Gasteiger partial charge >= 0.3 is 0 Å². The Morgan fingerprint density at radius 1 is 1.54 bits per heavy atom. The summed E-state index contributed by atoms with van der Waals surface area (Å²) in [6.45, 7) is 1.89. The fourth-order valence-corrected chi connectivity index (χ4v) is 1.91. The summed E-state index contributed by atoms with van der Waals surface area (Å²) in [5, 5.41) is 7.92. The fourth-order valence-electron chi connectivity index (χ4n) is 0.794. The summed E-state index contributed by atoms with van der Waals surface area (Å²) in [7, 11) is 0. The molecule has 1 atom stereocenters. The van der Waals surface area contributed by atoms with Crippen LogP contribution in [-0.4, -0.2) is 11.1 Å². The van der Waals surface area contributed by atoms with Gasteiger partial charge in [-0.25, -0.2) is 0 Å². The van der Waals surface area contributed by atoms with Gasteiger partial charge in [0.2, 0.25) is 0 Å². The van der Waals surface area contributed by atoms with Crippen LogP contribution in [0.3, 0.4) is 0 Å². The monoisotopic (exact) mass is 214 g/mol. The van der Waals surface area contributed by atoms with E-state index in [4.69, 9.17) is 22.7 Å². The second-order valence-electron chi connectivity index (χ2n) is 2.65. The Bertz CT molecular complexity index is 314. The van der Waals surface area contributed by atoms with Crippen LogP contribution in [0.2, 0.25) is 5.02 Å². The summed E-state index contributed by atoms with van der Waals surface area (Å²) in [6.07, 6.45) is 0. The van der Waals surface area contributed by atoms with Crippen molar-refractivity contribution in [1.29, 1.82) is 5.41 Å². The van der Waals surface area contributed by atoms with Crippen molar-refractivity contribution >= 4 is 29.2 Å². The topological polar surface area (TPSA) is 49.9 Å². The molecule has 1 rings (SSSR count). The van der Waals surface area contributed by atoms with Gasteiger partial charge in [0.05, 0.1) is 10.3 Å². The van der Waals surface area contributed by atoms with Crippen molar-refractivity contribution in [2.45, 2.75) is 17.1 Å². The molecule has 2 nitrogen and oxygen atoms in total. The average molecular weight is 215 g/mol. The van der Waals surface area contributed by atoms with Crippen molar-refractivity contribution < 1.29 is 0 Å². The SMILES string of the molecule is CC(Sc1ccccc1Cl)C(=N)N. The number of nitrogens with one attached hydrogen (secondary N) is 1. The Balaban J connectivity index is 2.74. The number of benzene rings is 1. The van der Waals surface area contributed by atoms with Crippen molar-refractivity contribution in [3.63, 3.8) is 0 Å². The number of hydrogen-bond donors (Lipinski definition) is 2. The third kappa shape index (κ3) is 2.94. The van der Waals surface area contributed by atoms with E-state index in [1.165, 1.54) is 11.8 Å². The highest BCUT2D eigenvalue weighted by Gasteiger charge is 2.08. The van der Waals surface area contributed by atoms with Gasteiger partial charge in [-0.15, -0.1) is 11.8 Å². The standard InChI is InChI=1S/C9H11ClN2S/c1-6(9(11)12)13-8-5-3-2-4-7(8)10/h2-6H,1H3,(H3,11,12). The largest absolute Gasteiger partial charge is 0.387 e. The molecule has 0 spiro atoms. The Morgan fingerprint density at radius 3 is 2.69 bits per heavy atom. The van der Waals surface area contributed by atoms with E-state index in [0.717, 1.165) is 4.90 Å². The highest BCUT2D eigenvalue weighted by atomic mass is 35.5. The van der Waals surface area contributed by atoms with Crippen LogP contribution in [0, 0.1) is 5.41 Å². The number of halogens is 1. The maximum atomic E-state index is 7.23. The van der Waals surface area contributed by atoms with Gasteiger partial charge in [0, 0.05) is 4.90 Å². The van der Waals surface area contributed by atoms with Gasteiger partial charge in [-0.2, -0.15) is 0 Å². The second kappa shape index (κ2) is 4.53. The molecule has 0 saturated carbocycles. The first-order valence-corrected chi connectivity index (χ1v) is 5.12. The van der Waals surface area contributed by atoms with Gasteiger partial charge in [0.15, 0.2) is 0 Å². The molecule has 0 bridgehead atoms. The van der Waals surface area contributed by atoms with Crippen molar-refractivity contribution in [1.82, 2.24) is 0 Å². The molecular formula is C9H11ClN2S. The van der Waals surface area contributed by atoms with Gasteiger partial charge < -0.3 is 5.73 Å². The summed E-state index contributed by atoms with van der Waals surface area (Å²) >= 11 is 7.44. The van der Waals surface area contributed by atoms with Gasteiger partial charge in [-0.1, -0.05) is 23.7 Å². The molecule has 0 fully saturated rings. The Labute approximate surface area is 87.0 Å². The van der Waals surface area contributed by atoms with Crippen LogP contribution in [0.5, 0.6) is 0 Å². The Hall–Kier alpha value is -0.670. The molecule has 0 aliphatic carbocycles. The van der Waals surface area contributed by atoms with Gasteiger partial charge in [0.25, 0.3) is 0 Å². The van der Waals surface area contributed by atoms with Gasteiger partial charge in [-0.05, 0) is 19.1 Å². The minimum absolute atomic E-state index is 0.0279. The predicted octanol–water partition coefficient (Wildman–Crippen LogP) is 2.76. The van der Waals surface area contributed by atoms with Crippen molar-refractivity contribution in [2.75, 3.05) is 0 Å². The maximum absolute atomic E-state index is 7.23. The van der Waals surface area contributed by atoms with Crippen molar-refractivity contribution in [3.05, 3.63) is 29.3 Å². The lowest BCUT2D eigenvalue weighted by Crippen LogP contribution is -2.21. The van der Waals surface area contributed by atoms with Crippen LogP contribution >= 0.6 is 23.4 Å². The molecule has 0 amide bonds. The summed E-state index contributed by atoms with van der Waals surface area (Å²) < 4.78 is 0. The summed E-state index contributed by atoms with van der Waals surface area (Å²) in [5.41, 5.74) is 5.35. The van der Waals surface area contributed by atoms with Crippen LogP contribution in [0.4, 0.5) is 0 Å². The van der Waals surface area contributed by atoms with Crippen LogP contribution in [0.25, 0.3) is 0 Å². The number of hydrogen-bond acceptors (Lipinski definition) is 2. The average Bonchev–Trinajstić information content (AvgIpc) is 2.08. The second-order valence-corrected chi connectivity index (χ2v) is 4.44. The zero-order chi connectivity index (χ0) is 9.84. The highest BCUT2D eigenvalue weighted by molar-refractivity contribution is 8.00. The highest BCUT2D eigenvalue weighted by Crippen LogP contribution is 2.29. The molecule has 3 N–H and O–H groups in total.